The van der Waals surface area contributed by atoms with Gasteiger partial charge in [0.25, 0.3) is 0 Å². The Morgan fingerprint density at radius 1 is 1.26 bits per heavy atom. The van der Waals surface area contributed by atoms with Crippen molar-refractivity contribution < 1.29 is 9.90 Å². The summed E-state index contributed by atoms with van der Waals surface area (Å²) in [5.41, 5.74) is 0.906. The molecule has 1 aliphatic carbocycles. The fraction of sp³-hybridized carbons (Fsp3) is 0.571. The van der Waals surface area contributed by atoms with Crippen molar-refractivity contribution in [1.29, 1.82) is 0 Å². The van der Waals surface area contributed by atoms with Gasteiger partial charge in [-0.2, -0.15) is 0 Å². The summed E-state index contributed by atoms with van der Waals surface area (Å²) < 4.78 is 0. The molecule has 23 heavy (non-hydrogen) atoms. The minimum absolute atomic E-state index is 0.148. The summed E-state index contributed by atoms with van der Waals surface area (Å²) in [5, 5.41) is 8.74. The van der Waals surface area contributed by atoms with Crippen LogP contribution >= 0.6 is 0 Å². The third-order valence-electron chi connectivity index (χ3n) is 4.23. The standard InChI is InChI=1S/C21H32O2/c1-3-4-11-18(2)12-10-14-20-19(15-16-21(20)23)13-8-6-5-7-9-17-22/h6,8,10,12,14-16,18-19,22H,3-5,7,9,11,13,17H2,1-2H3/b8-6-,12-10?,20-14?/t18?,19-/m0/s1. The third-order valence-corrected chi connectivity index (χ3v) is 4.23. The molecule has 0 fully saturated rings. The highest BCUT2D eigenvalue weighted by molar-refractivity contribution is 6.07. The first-order valence-corrected chi connectivity index (χ1v) is 9.05. The summed E-state index contributed by atoms with van der Waals surface area (Å²) in [6.07, 6.45) is 21.7. The van der Waals surface area contributed by atoms with Crippen LogP contribution in [0, 0.1) is 11.8 Å². The van der Waals surface area contributed by atoms with E-state index in [0.29, 0.717) is 5.92 Å². The normalized spacial score (nSPS) is 21.3. The predicted molar refractivity (Wildman–Crippen MR) is 98.2 cm³/mol. The van der Waals surface area contributed by atoms with Gasteiger partial charge in [-0.1, -0.05) is 63.1 Å². The number of aliphatic hydroxyl groups is 1. The fourth-order valence-corrected chi connectivity index (χ4v) is 2.70. The average molecular weight is 316 g/mol. The maximum Gasteiger partial charge on any atom is 0.182 e. The van der Waals surface area contributed by atoms with E-state index in [1.807, 2.05) is 12.2 Å². The first kappa shape index (κ1) is 19.6. The van der Waals surface area contributed by atoms with Crippen LogP contribution in [0.5, 0.6) is 0 Å². The molecule has 1 unspecified atom stereocenters. The van der Waals surface area contributed by atoms with Crippen LogP contribution in [-0.4, -0.2) is 17.5 Å². The number of hydrogen-bond donors (Lipinski definition) is 1. The Bertz CT molecular complexity index is 454. The fourth-order valence-electron chi connectivity index (χ4n) is 2.70. The van der Waals surface area contributed by atoms with E-state index in [-0.39, 0.29) is 18.3 Å². The lowest BCUT2D eigenvalue weighted by Crippen LogP contribution is -2.01. The van der Waals surface area contributed by atoms with Gasteiger partial charge in [-0.25, -0.2) is 0 Å². The zero-order chi connectivity index (χ0) is 16.9. The zero-order valence-electron chi connectivity index (χ0n) is 14.7. The zero-order valence-corrected chi connectivity index (χ0v) is 14.7. The number of ketones is 1. The minimum atomic E-state index is 0.148. The van der Waals surface area contributed by atoms with E-state index in [2.05, 4.69) is 38.2 Å². The first-order valence-electron chi connectivity index (χ1n) is 9.05. The molecule has 0 aromatic carbocycles. The Morgan fingerprint density at radius 3 is 2.83 bits per heavy atom. The van der Waals surface area contributed by atoms with E-state index < -0.39 is 0 Å². The van der Waals surface area contributed by atoms with E-state index in [4.69, 9.17) is 5.11 Å². The van der Waals surface area contributed by atoms with Crippen LogP contribution in [0.1, 0.15) is 58.8 Å². The Balaban J connectivity index is 2.46. The number of allylic oxidation sites excluding steroid dienone is 8. The van der Waals surface area contributed by atoms with Crippen LogP contribution < -0.4 is 0 Å². The molecule has 0 amide bonds. The van der Waals surface area contributed by atoms with Crippen molar-refractivity contribution in [1.82, 2.24) is 0 Å². The molecule has 0 bridgehead atoms. The second kappa shape index (κ2) is 12.1. The number of carbonyl (C=O) groups excluding carboxylic acids is 1. The summed E-state index contributed by atoms with van der Waals surface area (Å²) in [6, 6.07) is 0. The van der Waals surface area contributed by atoms with Crippen LogP contribution in [0.4, 0.5) is 0 Å². The van der Waals surface area contributed by atoms with E-state index in [1.165, 1.54) is 19.3 Å². The van der Waals surface area contributed by atoms with Gasteiger partial charge in [-0.15, -0.1) is 0 Å². The molecule has 0 saturated heterocycles. The molecule has 0 spiro atoms. The van der Waals surface area contributed by atoms with Crippen molar-refractivity contribution in [3.05, 3.63) is 48.1 Å². The third kappa shape index (κ3) is 8.13. The average Bonchev–Trinajstić information content (AvgIpc) is 2.89. The monoisotopic (exact) mass is 316 g/mol. The van der Waals surface area contributed by atoms with Crippen molar-refractivity contribution in [3.8, 4) is 0 Å². The van der Waals surface area contributed by atoms with Gasteiger partial charge in [0, 0.05) is 18.1 Å². The minimum Gasteiger partial charge on any atom is -0.396 e. The highest BCUT2D eigenvalue weighted by Crippen LogP contribution is 2.25. The van der Waals surface area contributed by atoms with Crippen LogP contribution in [0.15, 0.2) is 48.1 Å². The summed E-state index contributed by atoms with van der Waals surface area (Å²) >= 11 is 0. The molecular formula is C21H32O2. The Hall–Kier alpha value is -1.41. The van der Waals surface area contributed by atoms with Crippen molar-refractivity contribution in [2.75, 3.05) is 6.61 Å². The van der Waals surface area contributed by atoms with E-state index in [9.17, 15) is 4.79 Å². The quantitative estimate of drug-likeness (QED) is 0.325. The van der Waals surface area contributed by atoms with Crippen LogP contribution in [0.25, 0.3) is 0 Å². The molecule has 0 aromatic rings. The summed E-state index contributed by atoms with van der Waals surface area (Å²) in [6.45, 7) is 4.71. The lowest BCUT2D eigenvalue weighted by atomic mass is 9.97. The highest BCUT2D eigenvalue weighted by Gasteiger charge is 2.20. The maximum absolute atomic E-state index is 12.0. The van der Waals surface area contributed by atoms with Gasteiger partial charge in [0.15, 0.2) is 5.78 Å². The molecule has 0 aliphatic heterocycles. The topological polar surface area (TPSA) is 37.3 Å². The maximum atomic E-state index is 12.0. The van der Waals surface area contributed by atoms with Crippen molar-refractivity contribution in [3.63, 3.8) is 0 Å². The summed E-state index contributed by atoms with van der Waals surface area (Å²) in [4.78, 5) is 12.0. The second-order valence-electron chi connectivity index (χ2n) is 6.38. The number of hydrogen-bond acceptors (Lipinski definition) is 2. The summed E-state index contributed by atoms with van der Waals surface area (Å²) in [5.74, 6) is 0.933. The molecule has 1 N–H and O–H groups in total. The molecule has 128 valence electrons. The number of unbranched alkanes of at least 4 members (excludes halogenated alkanes) is 3. The second-order valence-corrected chi connectivity index (χ2v) is 6.38. The van der Waals surface area contributed by atoms with Crippen molar-refractivity contribution >= 4 is 5.78 Å². The SMILES string of the molecule is CCCCC(C)C=CC=C1C(=O)C=C[C@@H]1C/C=C\CCCCO. The predicted octanol–water partition coefficient (Wildman–Crippen LogP) is 5.16. The molecule has 2 atom stereocenters. The number of aliphatic hydroxyl groups excluding tert-OH is 1. The van der Waals surface area contributed by atoms with Gasteiger partial charge < -0.3 is 5.11 Å². The largest absolute Gasteiger partial charge is 0.396 e. The number of rotatable bonds is 11. The molecule has 0 radical (unpaired) electrons. The first-order chi connectivity index (χ1) is 11.2. The lowest BCUT2D eigenvalue weighted by Gasteiger charge is -2.07. The molecule has 0 aromatic heterocycles. The van der Waals surface area contributed by atoms with Gasteiger partial charge in [0.05, 0.1) is 0 Å². The molecule has 2 nitrogen and oxygen atoms in total. The molecule has 1 aliphatic rings. The molecule has 2 heteroatoms. The lowest BCUT2D eigenvalue weighted by molar-refractivity contribution is -0.111. The Labute approximate surface area is 141 Å². The molecular weight excluding hydrogens is 284 g/mol. The van der Waals surface area contributed by atoms with Gasteiger partial charge in [-0.3, -0.25) is 4.79 Å². The van der Waals surface area contributed by atoms with E-state index in [1.54, 1.807) is 6.08 Å². The van der Waals surface area contributed by atoms with Crippen LogP contribution in [-0.2, 0) is 4.79 Å². The van der Waals surface area contributed by atoms with Crippen molar-refractivity contribution in [2.24, 2.45) is 11.8 Å². The molecule has 0 heterocycles. The van der Waals surface area contributed by atoms with Gasteiger partial charge in [-0.05, 0) is 44.1 Å². The van der Waals surface area contributed by atoms with Crippen LogP contribution in [0.3, 0.4) is 0 Å². The van der Waals surface area contributed by atoms with E-state index in [0.717, 1.165) is 31.3 Å². The number of carbonyl (C=O) groups is 1. The van der Waals surface area contributed by atoms with E-state index >= 15 is 0 Å². The smallest absolute Gasteiger partial charge is 0.182 e. The van der Waals surface area contributed by atoms with Crippen molar-refractivity contribution in [2.45, 2.75) is 58.8 Å². The molecule has 1 rings (SSSR count). The molecule has 0 saturated carbocycles. The summed E-state index contributed by atoms with van der Waals surface area (Å²) in [7, 11) is 0. The highest BCUT2D eigenvalue weighted by atomic mass is 16.2. The Morgan fingerprint density at radius 2 is 2.09 bits per heavy atom. The van der Waals surface area contributed by atoms with Crippen LogP contribution in [0.2, 0.25) is 0 Å². The Kier molecular flexibility index (Phi) is 10.3. The van der Waals surface area contributed by atoms with Gasteiger partial charge in [0.2, 0.25) is 0 Å². The van der Waals surface area contributed by atoms with Gasteiger partial charge in [0.1, 0.15) is 0 Å². The van der Waals surface area contributed by atoms with Gasteiger partial charge >= 0.3 is 0 Å².